The number of ether oxygens (including phenoxy) is 1. The van der Waals surface area contributed by atoms with Crippen molar-refractivity contribution in [3.63, 3.8) is 0 Å². The number of fused-ring (bicyclic) bond motifs is 1. The van der Waals surface area contributed by atoms with Crippen molar-refractivity contribution in [3.05, 3.63) is 53.6 Å². The molecule has 0 radical (unpaired) electrons. The Morgan fingerprint density at radius 2 is 1.68 bits per heavy atom. The highest BCUT2D eigenvalue weighted by atomic mass is 16.5. The van der Waals surface area contributed by atoms with Crippen LogP contribution in [0.1, 0.15) is 41.5 Å². The molecule has 9 nitrogen and oxygen atoms in total. The summed E-state index contributed by atoms with van der Waals surface area (Å²) in [7, 11) is 0. The quantitative estimate of drug-likeness (QED) is 0.559. The van der Waals surface area contributed by atoms with Crippen molar-refractivity contribution >= 4 is 34.5 Å². The van der Waals surface area contributed by atoms with Crippen LogP contribution in [0.4, 0.5) is 5.69 Å². The molecule has 31 heavy (non-hydrogen) atoms. The van der Waals surface area contributed by atoms with Gasteiger partial charge in [-0.3, -0.25) is 9.59 Å². The number of carbonyl (C=O) groups excluding carboxylic acids is 3. The van der Waals surface area contributed by atoms with Crippen LogP contribution >= 0.6 is 0 Å². The fourth-order valence-electron chi connectivity index (χ4n) is 3.13. The van der Waals surface area contributed by atoms with E-state index >= 15 is 0 Å². The largest absolute Gasteiger partial charge is 0.452 e. The van der Waals surface area contributed by atoms with Crippen LogP contribution in [0.5, 0.6) is 0 Å². The molecule has 2 aromatic carbocycles. The highest BCUT2D eigenvalue weighted by Crippen LogP contribution is 2.15. The first kappa shape index (κ1) is 21.9. The van der Waals surface area contributed by atoms with E-state index in [0.717, 1.165) is 5.52 Å². The number of rotatable bonds is 8. The lowest BCUT2D eigenvalue weighted by Crippen LogP contribution is -2.30. The minimum atomic E-state index is -0.622. The molecule has 0 saturated heterocycles. The van der Waals surface area contributed by atoms with Gasteiger partial charge in [0.15, 0.2) is 6.61 Å². The van der Waals surface area contributed by atoms with E-state index in [2.05, 4.69) is 15.6 Å². The van der Waals surface area contributed by atoms with Crippen LogP contribution in [0.15, 0.2) is 42.5 Å². The van der Waals surface area contributed by atoms with Crippen LogP contribution in [0.25, 0.3) is 11.0 Å². The van der Waals surface area contributed by atoms with Crippen LogP contribution in [0.2, 0.25) is 0 Å². The van der Waals surface area contributed by atoms with E-state index in [1.807, 2.05) is 20.8 Å². The van der Waals surface area contributed by atoms with Crippen molar-refractivity contribution in [3.8, 4) is 0 Å². The summed E-state index contributed by atoms with van der Waals surface area (Å²) in [6.07, 6.45) is 0. The summed E-state index contributed by atoms with van der Waals surface area (Å²) >= 11 is 0. The monoisotopic (exact) mass is 423 g/mol. The average Bonchev–Trinajstić information content (AvgIpc) is 3.21. The normalized spacial score (nSPS) is 10.7. The Labute approximate surface area is 180 Å². The Bertz CT molecular complexity index is 1090. The SMILES string of the molecule is CCN(CC)C(=O)c1ccc(NC(=O)COC(=O)c2ccc3c(c2)nnn3CC)cc1. The number of aromatic nitrogens is 3. The second kappa shape index (κ2) is 9.84. The van der Waals surface area contributed by atoms with Gasteiger partial charge in [-0.1, -0.05) is 5.21 Å². The van der Waals surface area contributed by atoms with Gasteiger partial charge in [0.1, 0.15) is 5.52 Å². The van der Waals surface area contributed by atoms with E-state index in [-0.39, 0.29) is 5.91 Å². The van der Waals surface area contributed by atoms with Gasteiger partial charge in [-0.25, -0.2) is 9.48 Å². The predicted molar refractivity (Wildman–Crippen MR) is 116 cm³/mol. The van der Waals surface area contributed by atoms with Crippen molar-refractivity contribution in [2.75, 3.05) is 25.0 Å². The van der Waals surface area contributed by atoms with Gasteiger partial charge in [0, 0.05) is 30.9 Å². The highest BCUT2D eigenvalue weighted by Gasteiger charge is 2.14. The molecule has 1 heterocycles. The summed E-state index contributed by atoms with van der Waals surface area (Å²) in [6.45, 7) is 7.29. The van der Waals surface area contributed by atoms with Gasteiger partial charge in [-0.15, -0.1) is 5.10 Å². The fraction of sp³-hybridized carbons (Fsp3) is 0.318. The minimum Gasteiger partial charge on any atom is -0.452 e. The maximum atomic E-state index is 12.3. The zero-order chi connectivity index (χ0) is 22.4. The number of amides is 2. The third-order valence-corrected chi connectivity index (χ3v) is 4.85. The molecule has 0 aliphatic heterocycles. The number of nitrogens with one attached hydrogen (secondary N) is 1. The molecule has 162 valence electrons. The number of anilines is 1. The zero-order valence-corrected chi connectivity index (χ0v) is 17.8. The molecule has 0 aliphatic rings. The van der Waals surface area contributed by atoms with Crippen LogP contribution in [-0.2, 0) is 16.1 Å². The molecule has 0 spiro atoms. The number of aryl methyl sites for hydroxylation is 1. The van der Waals surface area contributed by atoms with Gasteiger partial charge in [0.25, 0.3) is 11.8 Å². The molecule has 0 saturated carbocycles. The highest BCUT2D eigenvalue weighted by molar-refractivity contribution is 5.98. The molecule has 1 aromatic heterocycles. The first-order chi connectivity index (χ1) is 15.0. The molecule has 3 aromatic rings. The number of nitrogens with zero attached hydrogens (tertiary/aromatic N) is 4. The van der Waals surface area contributed by atoms with Crippen molar-refractivity contribution in [2.24, 2.45) is 0 Å². The van der Waals surface area contributed by atoms with E-state index in [1.54, 1.807) is 52.0 Å². The molecule has 3 rings (SSSR count). The topological polar surface area (TPSA) is 106 Å². The van der Waals surface area contributed by atoms with Gasteiger partial charge in [-0.2, -0.15) is 0 Å². The van der Waals surface area contributed by atoms with Gasteiger partial charge in [-0.05, 0) is 63.2 Å². The molecule has 9 heteroatoms. The summed E-state index contributed by atoms with van der Waals surface area (Å²) in [5, 5.41) is 10.7. The van der Waals surface area contributed by atoms with Crippen LogP contribution in [0, 0.1) is 0 Å². The van der Waals surface area contributed by atoms with Crippen LogP contribution in [-0.4, -0.2) is 57.4 Å². The van der Waals surface area contributed by atoms with Crippen LogP contribution in [0.3, 0.4) is 0 Å². The van der Waals surface area contributed by atoms with Gasteiger partial charge >= 0.3 is 5.97 Å². The van der Waals surface area contributed by atoms with Gasteiger partial charge in [0.2, 0.25) is 0 Å². The minimum absolute atomic E-state index is 0.0623. The Kier molecular flexibility index (Phi) is 6.96. The number of carbonyl (C=O) groups is 3. The molecule has 0 unspecified atom stereocenters. The van der Waals surface area contributed by atoms with Crippen LogP contribution < -0.4 is 5.32 Å². The average molecular weight is 423 g/mol. The maximum Gasteiger partial charge on any atom is 0.338 e. The molecule has 2 amide bonds. The summed E-state index contributed by atoms with van der Waals surface area (Å²) in [5.74, 6) is -1.16. The van der Waals surface area contributed by atoms with Crippen molar-refractivity contribution in [2.45, 2.75) is 27.3 Å². The third-order valence-electron chi connectivity index (χ3n) is 4.85. The Morgan fingerprint density at radius 1 is 1.00 bits per heavy atom. The molecular weight excluding hydrogens is 398 g/mol. The first-order valence-electron chi connectivity index (χ1n) is 10.2. The number of benzene rings is 2. The first-order valence-corrected chi connectivity index (χ1v) is 10.2. The molecule has 0 aliphatic carbocycles. The summed E-state index contributed by atoms with van der Waals surface area (Å²) in [4.78, 5) is 38.4. The lowest BCUT2D eigenvalue weighted by molar-refractivity contribution is -0.119. The Hall–Kier alpha value is -3.75. The second-order valence-corrected chi connectivity index (χ2v) is 6.79. The van der Waals surface area contributed by atoms with Gasteiger partial charge in [0.05, 0.1) is 11.1 Å². The maximum absolute atomic E-state index is 12.3. The lowest BCUT2D eigenvalue weighted by Gasteiger charge is -2.18. The van der Waals surface area contributed by atoms with Crippen molar-refractivity contribution in [1.82, 2.24) is 19.9 Å². The number of hydrogen-bond acceptors (Lipinski definition) is 6. The van der Waals surface area contributed by atoms with E-state index in [0.29, 0.717) is 42.0 Å². The third kappa shape index (κ3) is 5.06. The predicted octanol–water partition coefficient (Wildman–Crippen LogP) is 2.73. The Morgan fingerprint density at radius 3 is 2.32 bits per heavy atom. The standard InChI is InChI=1S/C22H25N5O4/c1-4-26(5-2)21(29)15-7-10-17(11-8-15)23-20(28)14-31-22(30)16-9-12-19-18(13-16)24-25-27(19)6-3/h7-13H,4-6,14H2,1-3H3,(H,23,28). The lowest BCUT2D eigenvalue weighted by atomic mass is 10.1. The summed E-state index contributed by atoms with van der Waals surface area (Å²) < 4.78 is 6.82. The molecule has 0 fully saturated rings. The molecular formula is C22H25N5O4. The Balaban J connectivity index is 1.55. The van der Waals surface area contributed by atoms with E-state index in [4.69, 9.17) is 4.74 Å². The van der Waals surface area contributed by atoms with Crippen molar-refractivity contribution < 1.29 is 19.1 Å². The van der Waals surface area contributed by atoms with Crippen molar-refractivity contribution in [1.29, 1.82) is 0 Å². The summed E-state index contributed by atoms with van der Waals surface area (Å²) in [5.41, 5.74) is 2.75. The second-order valence-electron chi connectivity index (χ2n) is 6.79. The van der Waals surface area contributed by atoms with Gasteiger partial charge < -0.3 is 15.0 Å². The summed E-state index contributed by atoms with van der Waals surface area (Å²) in [6, 6.07) is 11.5. The number of esters is 1. The number of hydrogen-bond donors (Lipinski definition) is 1. The van der Waals surface area contributed by atoms with E-state index < -0.39 is 18.5 Å². The molecule has 0 atom stereocenters. The smallest absolute Gasteiger partial charge is 0.338 e. The van der Waals surface area contributed by atoms with E-state index in [1.165, 1.54) is 0 Å². The molecule has 1 N–H and O–H groups in total. The molecule has 0 bridgehead atoms. The fourth-order valence-corrected chi connectivity index (χ4v) is 3.13. The zero-order valence-electron chi connectivity index (χ0n) is 17.8. The van der Waals surface area contributed by atoms with E-state index in [9.17, 15) is 14.4 Å².